The fourth-order valence-corrected chi connectivity index (χ4v) is 2.11. The summed E-state index contributed by atoms with van der Waals surface area (Å²) in [7, 11) is 0. The standard InChI is InChI=1S/C14H12ClFN2O3/c1-8(17)14-11(16)3-2-4-13(14)21-9-5-6-12(18(19)20)10(15)7-9/h2-8H,17H2,1H3. The molecule has 0 radical (unpaired) electrons. The van der Waals surface area contributed by atoms with Gasteiger partial charge >= 0.3 is 0 Å². The lowest BCUT2D eigenvalue weighted by Gasteiger charge is -2.14. The van der Waals surface area contributed by atoms with Crippen molar-refractivity contribution in [2.45, 2.75) is 13.0 Å². The van der Waals surface area contributed by atoms with Crippen molar-refractivity contribution in [2.75, 3.05) is 0 Å². The first-order valence-electron chi connectivity index (χ1n) is 6.06. The molecule has 0 heterocycles. The predicted octanol–water partition coefficient (Wildman–Crippen LogP) is 4.20. The minimum Gasteiger partial charge on any atom is -0.457 e. The number of ether oxygens (including phenoxy) is 1. The van der Waals surface area contributed by atoms with Crippen LogP contribution in [0.4, 0.5) is 10.1 Å². The molecule has 0 amide bonds. The molecule has 5 nitrogen and oxygen atoms in total. The highest BCUT2D eigenvalue weighted by molar-refractivity contribution is 6.32. The molecule has 2 rings (SSSR count). The second-order valence-electron chi connectivity index (χ2n) is 4.41. The Balaban J connectivity index is 2.37. The van der Waals surface area contributed by atoms with E-state index in [1.54, 1.807) is 13.0 Å². The van der Waals surface area contributed by atoms with Gasteiger partial charge in [-0.1, -0.05) is 17.7 Å². The minimum absolute atomic E-state index is 0.0590. The molecule has 0 aromatic heterocycles. The molecule has 0 aliphatic heterocycles. The number of nitrogens with zero attached hydrogens (tertiary/aromatic N) is 1. The molecule has 7 heteroatoms. The van der Waals surface area contributed by atoms with Gasteiger partial charge in [-0.25, -0.2) is 4.39 Å². The second kappa shape index (κ2) is 6.07. The van der Waals surface area contributed by atoms with E-state index in [2.05, 4.69) is 0 Å². The molecule has 21 heavy (non-hydrogen) atoms. The summed E-state index contributed by atoms with van der Waals surface area (Å²) in [6.45, 7) is 1.63. The highest BCUT2D eigenvalue weighted by Crippen LogP contribution is 2.34. The van der Waals surface area contributed by atoms with Gasteiger partial charge in [-0.3, -0.25) is 10.1 Å². The Morgan fingerprint density at radius 3 is 2.67 bits per heavy atom. The number of nitrogens with two attached hydrogens (primary N) is 1. The third-order valence-corrected chi connectivity index (χ3v) is 3.11. The monoisotopic (exact) mass is 310 g/mol. The summed E-state index contributed by atoms with van der Waals surface area (Å²) < 4.78 is 19.3. The van der Waals surface area contributed by atoms with Crippen LogP contribution < -0.4 is 10.5 Å². The van der Waals surface area contributed by atoms with Crippen LogP contribution in [0, 0.1) is 15.9 Å². The number of nitro benzene ring substituents is 1. The number of nitro groups is 1. The van der Waals surface area contributed by atoms with Crippen LogP contribution >= 0.6 is 11.6 Å². The summed E-state index contributed by atoms with van der Waals surface area (Å²) in [6.07, 6.45) is 0. The van der Waals surface area contributed by atoms with Gasteiger partial charge in [-0.2, -0.15) is 0 Å². The van der Waals surface area contributed by atoms with E-state index < -0.39 is 16.8 Å². The Hall–Kier alpha value is -2.18. The largest absolute Gasteiger partial charge is 0.457 e. The molecule has 0 fully saturated rings. The van der Waals surface area contributed by atoms with Crippen molar-refractivity contribution in [3.63, 3.8) is 0 Å². The maximum atomic E-state index is 13.8. The SMILES string of the molecule is CC(N)c1c(F)cccc1Oc1ccc([N+](=O)[O-])c(Cl)c1. The average Bonchev–Trinajstić information content (AvgIpc) is 2.37. The lowest BCUT2D eigenvalue weighted by atomic mass is 10.1. The van der Waals surface area contributed by atoms with E-state index in [1.807, 2.05) is 0 Å². The van der Waals surface area contributed by atoms with E-state index in [9.17, 15) is 14.5 Å². The topological polar surface area (TPSA) is 78.4 Å². The van der Waals surface area contributed by atoms with E-state index in [4.69, 9.17) is 22.1 Å². The molecule has 0 aliphatic rings. The molecule has 2 aromatic carbocycles. The van der Waals surface area contributed by atoms with Crippen molar-refractivity contribution in [1.82, 2.24) is 0 Å². The lowest BCUT2D eigenvalue weighted by Crippen LogP contribution is -2.09. The van der Waals surface area contributed by atoms with Crippen LogP contribution in [-0.4, -0.2) is 4.92 Å². The lowest BCUT2D eigenvalue weighted by molar-refractivity contribution is -0.384. The Morgan fingerprint density at radius 2 is 2.10 bits per heavy atom. The quantitative estimate of drug-likeness (QED) is 0.678. The molecular weight excluding hydrogens is 299 g/mol. The highest BCUT2D eigenvalue weighted by atomic mass is 35.5. The van der Waals surface area contributed by atoms with Crippen LogP contribution in [0.3, 0.4) is 0 Å². The fraction of sp³-hybridized carbons (Fsp3) is 0.143. The maximum absolute atomic E-state index is 13.8. The highest BCUT2D eigenvalue weighted by Gasteiger charge is 2.16. The van der Waals surface area contributed by atoms with Crippen LogP contribution in [0.25, 0.3) is 0 Å². The van der Waals surface area contributed by atoms with Gasteiger partial charge in [0.25, 0.3) is 5.69 Å². The van der Waals surface area contributed by atoms with E-state index in [-0.39, 0.29) is 27.8 Å². The first-order chi connectivity index (χ1) is 9.90. The first-order valence-corrected chi connectivity index (χ1v) is 6.43. The van der Waals surface area contributed by atoms with Crippen LogP contribution in [0.5, 0.6) is 11.5 Å². The van der Waals surface area contributed by atoms with Crippen molar-refractivity contribution in [1.29, 1.82) is 0 Å². The zero-order valence-electron chi connectivity index (χ0n) is 11.0. The summed E-state index contributed by atoms with van der Waals surface area (Å²) >= 11 is 5.80. The molecule has 0 spiro atoms. The van der Waals surface area contributed by atoms with Crippen LogP contribution in [0.15, 0.2) is 36.4 Å². The molecule has 1 atom stereocenters. The molecule has 1 unspecified atom stereocenters. The van der Waals surface area contributed by atoms with E-state index in [0.29, 0.717) is 0 Å². The summed E-state index contributed by atoms with van der Waals surface area (Å²) in [5.74, 6) is 0.0310. The van der Waals surface area contributed by atoms with E-state index in [1.165, 1.54) is 30.3 Å². The summed E-state index contributed by atoms with van der Waals surface area (Å²) in [5, 5.41) is 10.6. The molecule has 0 saturated heterocycles. The van der Waals surface area contributed by atoms with Gasteiger partial charge in [0.05, 0.1) is 4.92 Å². The molecule has 0 saturated carbocycles. The van der Waals surface area contributed by atoms with Crippen molar-refractivity contribution in [2.24, 2.45) is 5.73 Å². The third-order valence-electron chi connectivity index (χ3n) is 2.81. The molecule has 2 aromatic rings. The van der Waals surface area contributed by atoms with E-state index >= 15 is 0 Å². The van der Waals surface area contributed by atoms with Gasteiger partial charge in [0.15, 0.2) is 0 Å². The van der Waals surface area contributed by atoms with Crippen LogP contribution in [0.2, 0.25) is 5.02 Å². The first kappa shape index (κ1) is 15.2. The Kier molecular flexibility index (Phi) is 4.40. The average molecular weight is 311 g/mol. The van der Waals surface area contributed by atoms with Crippen LogP contribution in [-0.2, 0) is 0 Å². The van der Waals surface area contributed by atoms with Crippen LogP contribution in [0.1, 0.15) is 18.5 Å². The van der Waals surface area contributed by atoms with Crippen molar-refractivity contribution in [3.8, 4) is 11.5 Å². The normalized spacial score (nSPS) is 12.0. The fourth-order valence-electron chi connectivity index (χ4n) is 1.87. The number of benzene rings is 2. The smallest absolute Gasteiger partial charge is 0.288 e. The summed E-state index contributed by atoms with van der Waals surface area (Å²) in [6, 6.07) is 7.70. The molecule has 2 N–H and O–H groups in total. The summed E-state index contributed by atoms with van der Waals surface area (Å²) in [5.41, 5.74) is 5.73. The second-order valence-corrected chi connectivity index (χ2v) is 4.82. The number of hydrogen-bond donors (Lipinski definition) is 1. The Labute approximate surface area is 125 Å². The van der Waals surface area contributed by atoms with Crippen molar-refractivity contribution >= 4 is 17.3 Å². The molecule has 0 bridgehead atoms. The molecule has 110 valence electrons. The number of halogens is 2. The van der Waals surface area contributed by atoms with Gasteiger partial charge in [-0.15, -0.1) is 0 Å². The van der Waals surface area contributed by atoms with Gasteiger partial charge in [0.1, 0.15) is 22.3 Å². The van der Waals surface area contributed by atoms with Gasteiger partial charge in [0.2, 0.25) is 0 Å². The van der Waals surface area contributed by atoms with Gasteiger partial charge in [-0.05, 0) is 25.1 Å². The van der Waals surface area contributed by atoms with Gasteiger partial charge < -0.3 is 10.5 Å². The maximum Gasteiger partial charge on any atom is 0.288 e. The predicted molar refractivity (Wildman–Crippen MR) is 77.2 cm³/mol. The zero-order valence-corrected chi connectivity index (χ0v) is 11.8. The minimum atomic E-state index is -0.596. The van der Waals surface area contributed by atoms with Crippen molar-refractivity contribution < 1.29 is 14.1 Å². The number of rotatable bonds is 4. The van der Waals surface area contributed by atoms with Crippen molar-refractivity contribution in [3.05, 3.63) is 62.9 Å². The Bertz CT molecular complexity index is 692. The van der Waals surface area contributed by atoms with E-state index in [0.717, 1.165) is 0 Å². The third kappa shape index (κ3) is 3.29. The zero-order chi connectivity index (χ0) is 15.6. The van der Waals surface area contributed by atoms with Gasteiger partial charge in [0, 0.05) is 23.7 Å². The molecular formula is C14H12ClFN2O3. The molecule has 0 aliphatic carbocycles. The summed E-state index contributed by atoms with van der Waals surface area (Å²) in [4.78, 5) is 10.1. The Morgan fingerprint density at radius 1 is 1.38 bits per heavy atom. The number of hydrogen-bond acceptors (Lipinski definition) is 4.